The smallest absolute Gasteiger partial charge is 0.0282 e. The highest BCUT2D eigenvalue weighted by molar-refractivity contribution is 5.90. The number of hydrogen-bond donors (Lipinski definition) is 1. The Hall–Kier alpha value is -0.590. The van der Waals surface area contributed by atoms with Gasteiger partial charge in [0.05, 0.1) is 0 Å². The van der Waals surface area contributed by atoms with Gasteiger partial charge in [0.1, 0.15) is 0 Å². The van der Waals surface area contributed by atoms with Crippen molar-refractivity contribution >= 4 is 5.71 Å². The van der Waals surface area contributed by atoms with Crippen LogP contribution in [0.25, 0.3) is 0 Å². The zero-order chi connectivity index (χ0) is 6.57. The normalized spacial score (nSPS) is 11.6. The molecule has 0 aromatic rings. The molecule has 0 aliphatic heterocycles. The van der Waals surface area contributed by atoms with Gasteiger partial charge in [0, 0.05) is 5.71 Å². The van der Waals surface area contributed by atoms with Crippen LogP contribution in [0.1, 0.15) is 27.2 Å². The molecule has 0 atom stereocenters. The number of rotatable bonds is 2. The van der Waals surface area contributed by atoms with E-state index in [1.165, 1.54) is 5.57 Å². The van der Waals surface area contributed by atoms with Gasteiger partial charge in [-0.25, -0.2) is 0 Å². The van der Waals surface area contributed by atoms with Crippen LogP contribution in [0, 0.1) is 5.41 Å². The van der Waals surface area contributed by atoms with Gasteiger partial charge in [-0.2, -0.15) is 0 Å². The molecule has 0 saturated carbocycles. The van der Waals surface area contributed by atoms with Gasteiger partial charge in [-0.1, -0.05) is 12.5 Å². The minimum atomic E-state index is 0.643. The monoisotopic (exact) mass is 111 g/mol. The van der Waals surface area contributed by atoms with Crippen molar-refractivity contribution < 1.29 is 0 Å². The van der Waals surface area contributed by atoms with Crippen LogP contribution in [0.2, 0.25) is 0 Å². The van der Waals surface area contributed by atoms with E-state index >= 15 is 0 Å². The van der Waals surface area contributed by atoms with Crippen LogP contribution in [0.4, 0.5) is 0 Å². The van der Waals surface area contributed by atoms with Gasteiger partial charge in [-0.3, -0.25) is 0 Å². The molecular weight excluding hydrogens is 98.1 g/mol. The Morgan fingerprint density at radius 1 is 1.50 bits per heavy atom. The highest BCUT2D eigenvalue weighted by atomic mass is 14.4. The summed E-state index contributed by atoms with van der Waals surface area (Å²) in [5.41, 5.74) is 1.92. The minimum absolute atomic E-state index is 0.643. The van der Waals surface area contributed by atoms with E-state index in [1.54, 1.807) is 6.92 Å². The van der Waals surface area contributed by atoms with Crippen LogP contribution in [0.15, 0.2) is 11.6 Å². The van der Waals surface area contributed by atoms with Crippen LogP contribution < -0.4 is 0 Å². The third-order valence-electron chi connectivity index (χ3n) is 1.02. The zero-order valence-corrected chi connectivity index (χ0v) is 5.78. The summed E-state index contributed by atoms with van der Waals surface area (Å²) < 4.78 is 0. The molecule has 0 heterocycles. The number of nitrogens with one attached hydrogen (secondary N) is 1. The van der Waals surface area contributed by atoms with Crippen LogP contribution in [-0.4, -0.2) is 5.71 Å². The largest absolute Gasteiger partial charge is 0.306 e. The van der Waals surface area contributed by atoms with Crippen LogP contribution >= 0.6 is 0 Å². The maximum absolute atomic E-state index is 7.05. The lowest BCUT2D eigenvalue weighted by Gasteiger charge is -1.90. The molecule has 1 heteroatoms. The number of hydrogen-bond acceptors (Lipinski definition) is 1. The average Bonchev–Trinajstić information content (AvgIpc) is 1.65. The van der Waals surface area contributed by atoms with Crippen molar-refractivity contribution in [3.8, 4) is 0 Å². The number of allylic oxidation sites excluding steroid dienone is 2. The van der Waals surface area contributed by atoms with Gasteiger partial charge in [0.2, 0.25) is 0 Å². The first kappa shape index (κ1) is 7.41. The SMILES string of the molecule is CCC(C)=CC(C)=N. The summed E-state index contributed by atoms with van der Waals surface area (Å²) in [6, 6.07) is 0. The quantitative estimate of drug-likeness (QED) is 0.529. The molecule has 0 unspecified atom stereocenters. The van der Waals surface area contributed by atoms with Crippen molar-refractivity contribution in [2.75, 3.05) is 0 Å². The van der Waals surface area contributed by atoms with E-state index in [0.717, 1.165) is 6.42 Å². The first-order valence-electron chi connectivity index (χ1n) is 2.89. The van der Waals surface area contributed by atoms with Crippen molar-refractivity contribution in [2.45, 2.75) is 27.2 Å². The lowest BCUT2D eigenvalue weighted by atomic mass is 10.2. The third kappa shape index (κ3) is 3.59. The van der Waals surface area contributed by atoms with Crippen molar-refractivity contribution in [1.29, 1.82) is 5.41 Å². The van der Waals surface area contributed by atoms with E-state index in [-0.39, 0.29) is 0 Å². The van der Waals surface area contributed by atoms with E-state index in [9.17, 15) is 0 Å². The Bertz CT molecular complexity index is 112. The second-order valence-electron chi connectivity index (χ2n) is 2.03. The third-order valence-corrected chi connectivity index (χ3v) is 1.02. The molecule has 46 valence electrons. The van der Waals surface area contributed by atoms with E-state index in [0.29, 0.717) is 5.71 Å². The lowest BCUT2D eigenvalue weighted by molar-refractivity contribution is 1.10. The summed E-state index contributed by atoms with van der Waals surface area (Å²) in [6.07, 6.45) is 2.94. The topological polar surface area (TPSA) is 23.9 Å². The van der Waals surface area contributed by atoms with Gasteiger partial charge >= 0.3 is 0 Å². The second kappa shape index (κ2) is 3.42. The maximum Gasteiger partial charge on any atom is 0.0282 e. The van der Waals surface area contributed by atoms with Crippen molar-refractivity contribution in [1.82, 2.24) is 0 Å². The van der Waals surface area contributed by atoms with E-state index in [1.807, 2.05) is 13.0 Å². The molecule has 0 amide bonds. The summed E-state index contributed by atoms with van der Waals surface area (Å²) in [5, 5.41) is 7.05. The van der Waals surface area contributed by atoms with Crippen molar-refractivity contribution in [3.63, 3.8) is 0 Å². The van der Waals surface area contributed by atoms with Gasteiger partial charge in [-0.15, -0.1) is 0 Å². The molecule has 0 aromatic heterocycles. The van der Waals surface area contributed by atoms with Crippen LogP contribution in [0.5, 0.6) is 0 Å². The molecule has 0 spiro atoms. The molecule has 1 N–H and O–H groups in total. The summed E-state index contributed by atoms with van der Waals surface area (Å²) in [6.45, 7) is 5.92. The van der Waals surface area contributed by atoms with Crippen LogP contribution in [0.3, 0.4) is 0 Å². The fourth-order valence-corrected chi connectivity index (χ4v) is 0.472. The Morgan fingerprint density at radius 3 is 2.12 bits per heavy atom. The molecule has 0 aromatic carbocycles. The highest BCUT2D eigenvalue weighted by Gasteiger charge is 1.82. The fourth-order valence-electron chi connectivity index (χ4n) is 0.472. The standard InChI is InChI=1S/C7H13N/c1-4-6(2)5-7(3)8/h5,8H,4H2,1-3H3. The Kier molecular flexibility index (Phi) is 3.16. The molecule has 0 rings (SSSR count). The van der Waals surface area contributed by atoms with Crippen molar-refractivity contribution in [3.05, 3.63) is 11.6 Å². The molecule has 0 aliphatic rings. The second-order valence-corrected chi connectivity index (χ2v) is 2.03. The Morgan fingerprint density at radius 2 is 2.00 bits per heavy atom. The average molecular weight is 111 g/mol. The van der Waals surface area contributed by atoms with E-state index in [2.05, 4.69) is 6.92 Å². The predicted octanol–water partition coefficient (Wildman–Crippen LogP) is 2.38. The zero-order valence-electron chi connectivity index (χ0n) is 5.78. The summed E-state index contributed by atoms with van der Waals surface area (Å²) in [5.74, 6) is 0. The summed E-state index contributed by atoms with van der Waals surface area (Å²) >= 11 is 0. The fraction of sp³-hybridized carbons (Fsp3) is 0.571. The first-order chi connectivity index (χ1) is 3.66. The Balaban J connectivity index is 3.75. The van der Waals surface area contributed by atoms with Crippen molar-refractivity contribution in [2.24, 2.45) is 0 Å². The molecule has 0 bridgehead atoms. The Labute approximate surface area is 50.9 Å². The molecule has 8 heavy (non-hydrogen) atoms. The van der Waals surface area contributed by atoms with Crippen LogP contribution in [-0.2, 0) is 0 Å². The molecule has 0 saturated heterocycles. The van der Waals surface area contributed by atoms with Gasteiger partial charge in [-0.05, 0) is 26.3 Å². The lowest BCUT2D eigenvalue weighted by Crippen LogP contribution is -1.81. The molecule has 1 nitrogen and oxygen atoms in total. The molecule has 0 fully saturated rings. The maximum atomic E-state index is 7.05. The minimum Gasteiger partial charge on any atom is -0.306 e. The predicted molar refractivity (Wildman–Crippen MR) is 37.4 cm³/mol. The summed E-state index contributed by atoms with van der Waals surface area (Å²) in [7, 11) is 0. The van der Waals surface area contributed by atoms with E-state index in [4.69, 9.17) is 5.41 Å². The first-order valence-corrected chi connectivity index (χ1v) is 2.89. The van der Waals surface area contributed by atoms with Gasteiger partial charge in [0.15, 0.2) is 0 Å². The molecule has 0 aliphatic carbocycles. The summed E-state index contributed by atoms with van der Waals surface area (Å²) in [4.78, 5) is 0. The van der Waals surface area contributed by atoms with Gasteiger partial charge < -0.3 is 5.41 Å². The van der Waals surface area contributed by atoms with E-state index < -0.39 is 0 Å². The molecule has 0 radical (unpaired) electrons. The highest BCUT2D eigenvalue weighted by Crippen LogP contribution is 1.96. The molecular formula is C7H13N. The van der Waals surface area contributed by atoms with Gasteiger partial charge in [0.25, 0.3) is 0 Å².